The Kier molecular flexibility index (Phi) is 10.5. The number of aromatic nitrogens is 3. The molecule has 11 heteroatoms. The van der Waals surface area contributed by atoms with Gasteiger partial charge in [0.25, 0.3) is 5.91 Å². The maximum absolute atomic E-state index is 15.3. The lowest BCUT2D eigenvalue weighted by atomic mass is 9.34. The van der Waals surface area contributed by atoms with Gasteiger partial charge < -0.3 is 25.2 Å². The van der Waals surface area contributed by atoms with Crippen LogP contribution in [0.1, 0.15) is 132 Å². The average molecular weight is 752 g/mol. The number of ketones is 1. The number of carbonyl (C=O) groups excluding carboxylic acids is 2. The summed E-state index contributed by atoms with van der Waals surface area (Å²) in [5, 5.41) is 22.4. The number of allylic oxidation sites excluding steroid dienone is 1. The highest BCUT2D eigenvalue weighted by Crippen LogP contribution is 2.75. The number of aliphatic carboxylic acids is 1. The maximum Gasteiger partial charge on any atom is 0.308 e. The fraction of sp³-hybridized carbons (Fsp3) is 0.837. The Hall–Kier alpha value is -2.63. The zero-order valence-corrected chi connectivity index (χ0v) is 35.3. The van der Waals surface area contributed by atoms with Gasteiger partial charge in [-0.25, -0.2) is 9.67 Å². The molecule has 11 nitrogen and oxygen atoms in total. The number of carboxylic acids is 1. The first-order chi connectivity index (χ1) is 25.1. The molecule has 2 heterocycles. The maximum atomic E-state index is 15.3. The highest BCUT2D eigenvalue weighted by atomic mass is 16.5. The summed E-state index contributed by atoms with van der Waals surface area (Å²) in [4.78, 5) is 47.1. The minimum Gasteiger partial charge on any atom is -0.481 e. The molecule has 2 bridgehead atoms. The molecule has 4 aliphatic carbocycles. The number of carbonyl (C=O) groups is 3. The first-order valence-corrected chi connectivity index (χ1v) is 20.7. The van der Waals surface area contributed by atoms with Crippen molar-refractivity contribution in [1.29, 1.82) is 0 Å². The molecule has 4 fully saturated rings. The third-order valence-corrected chi connectivity index (χ3v) is 16.8. The number of amides is 1. The van der Waals surface area contributed by atoms with Gasteiger partial charge in [0, 0.05) is 22.4 Å². The number of rotatable bonds is 11. The van der Waals surface area contributed by atoms with Gasteiger partial charge in [0.05, 0.1) is 37.9 Å². The molecule has 1 aliphatic heterocycles. The number of hydrogen-bond acceptors (Lipinski definition) is 8. The number of nitrogens with one attached hydrogen (secondary N) is 2. The molecule has 302 valence electrons. The summed E-state index contributed by atoms with van der Waals surface area (Å²) in [6, 6.07) is -0.456. The molecular weight excluding hydrogens is 683 g/mol. The number of carboxylic acid groups (broad SMARTS) is 1. The monoisotopic (exact) mass is 752 g/mol. The van der Waals surface area contributed by atoms with Crippen LogP contribution in [0, 0.1) is 62.6 Å². The zero-order valence-electron chi connectivity index (χ0n) is 35.3. The minimum absolute atomic E-state index is 0.0479. The smallest absolute Gasteiger partial charge is 0.308 e. The van der Waals surface area contributed by atoms with Crippen molar-refractivity contribution in [1.82, 2.24) is 25.4 Å². The van der Waals surface area contributed by atoms with Crippen LogP contribution in [-0.4, -0.2) is 82.1 Å². The van der Waals surface area contributed by atoms with E-state index in [1.165, 1.54) is 6.33 Å². The van der Waals surface area contributed by atoms with Gasteiger partial charge in [-0.2, -0.15) is 5.10 Å². The predicted molar refractivity (Wildman–Crippen MR) is 208 cm³/mol. The Labute approximate surface area is 323 Å². The number of likely N-dealkylation sites (N-methyl/N-ethyl adjacent to an activating group) is 1. The standard InChI is InChI=1S/C43H69N5O6/c1-24(2)27(7)39(9)16-17-40(10)28-14-15-31-38(8)19-30(48-35(45-23-46-48)36(50)47-26(5)6)34(54-21-41(11,44-13)25(3)4)43(31,22-53-20-38)29(28)18-32(49)42(40,12)33(39)37(51)52/h18,23-28,30-31,33-34,44H,14-17,19-22H2,1-13H3,(H,47,50)(H,51,52)/t27-,28+,30-,31-,33-,34+,38-,39-,40-,41+,42+,43+/m1/s1. The van der Waals surface area contributed by atoms with Crippen molar-refractivity contribution < 1.29 is 29.0 Å². The molecule has 6 rings (SSSR count). The van der Waals surface area contributed by atoms with Crippen molar-refractivity contribution in [3.8, 4) is 0 Å². The Bertz CT molecular complexity index is 1670. The van der Waals surface area contributed by atoms with Gasteiger partial charge in [-0.1, -0.05) is 67.9 Å². The molecule has 12 atom stereocenters. The molecule has 54 heavy (non-hydrogen) atoms. The fourth-order valence-corrected chi connectivity index (χ4v) is 12.7. The lowest BCUT2D eigenvalue weighted by Gasteiger charge is -2.71. The van der Waals surface area contributed by atoms with E-state index in [9.17, 15) is 14.7 Å². The van der Waals surface area contributed by atoms with E-state index in [0.717, 1.165) is 31.3 Å². The van der Waals surface area contributed by atoms with E-state index in [2.05, 4.69) is 77.9 Å². The van der Waals surface area contributed by atoms with Crippen LogP contribution in [0.4, 0.5) is 0 Å². The summed E-state index contributed by atoms with van der Waals surface area (Å²) in [7, 11) is 1.96. The lowest BCUT2D eigenvalue weighted by molar-refractivity contribution is -0.253. The van der Waals surface area contributed by atoms with E-state index in [4.69, 9.17) is 14.6 Å². The number of nitrogens with zero attached hydrogens (tertiary/aromatic N) is 3. The first kappa shape index (κ1) is 41.0. The van der Waals surface area contributed by atoms with E-state index in [1.54, 1.807) is 4.68 Å². The second-order valence-electron chi connectivity index (χ2n) is 20.2. The van der Waals surface area contributed by atoms with Gasteiger partial charge in [-0.3, -0.25) is 14.4 Å². The van der Waals surface area contributed by atoms with Crippen LogP contribution in [-0.2, 0) is 19.1 Å². The predicted octanol–water partition coefficient (Wildman–Crippen LogP) is 6.74. The van der Waals surface area contributed by atoms with Crippen LogP contribution >= 0.6 is 0 Å². The quantitative estimate of drug-likeness (QED) is 0.224. The summed E-state index contributed by atoms with van der Waals surface area (Å²) in [5.74, 6) is -1.10. The highest BCUT2D eigenvalue weighted by molar-refractivity contribution is 6.00. The van der Waals surface area contributed by atoms with Crippen LogP contribution in [0.3, 0.4) is 0 Å². The van der Waals surface area contributed by atoms with Crippen molar-refractivity contribution >= 4 is 17.7 Å². The summed E-state index contributed by atoms with van der Waals surface area (Å²) in [6.07, 6.45) is 6.78. The largest absolute Gasteiger partial charge is 0.481 e. The Morgan fingerprint density at radius 2 is 1.76 bits per heavy atom. The van der Waals surface area contributed by atoms with Gasteiger partial charge in [0.1, 0.15) is 6.33 Å². The Balaban J connectivity index is 1.57. The van der Waals surface area contributed by atoms with Crippen LogP contribution in [0.15, 0.2) is 18.0 Å². The van der Waals surface area contributed by atoms with Crippen molar-refractivity contribution in [3.05, 3.63) is 23.8 Å². The minimum atomic E-state index is -1.10. The Morgan fingerprint density at radius 1 is 1.07 bits per heavy atom. The average Bonchev–Trinajstić information content (AvgIpc) is 3.58. The highest BCUT2D eigenvalue weighted by Gasteiger charge is 2.74. The lowest BCUT2D eigenvalue weighted by Crippen LogP contribution is -2.71. The molecule has 5 aliphatic rings. The summed E-state index contributed by atoms with van der Waals surface area (Å²) in [6.45, 7) is 26.8. The molecular formula is C43H69N5O6. The van der Waals surface area contributed by atoms with Gasteiger partial charge in [0.15, 0.2) is 5.78 Å². The molecule has 1 saturated heterocycles. The summed E-state index contributed by atoms with van der Waals surface area (Å²) < 4.78 is 15.8. The van der Waals surface area contributed by atoms with Gasteiger partial charge in [-0.05, 0) is 112 Å². The molecule has 0 spiro atoms. The van der Waals surface area contributed by atoms with E-state index in [-0.39, 0.29) is 70.1 Å². The topological polar surface area (TPSA) is 145 Å². The van der Waals surface area contributed by atoms with Crippen molar-refractivity contribution in [3.63, 3.8) is 0 Å². The molecule has 1 amide bonds. The molecule has 3 saturated carbocycles. The van der Waals surface area contributed by atoms with Crippen LogP contribution in [0.5, 0.6) is 0 Å². The second kappa shape index (κ2) is 13.8. The number of ether oxygens (including phenoxy) is 2. The van der Waals surface area contributed by atoms with Gasteiger partial charge in [-0.15, -0.1) is 0 Å². The summed E-state index contributed by atoms with van der Waals surface area (Å²) >= 11 is 0. The van der Waals surface area contributed by atoms with E-state index >= 15 is 4.79 Å². The third-order valence-electron chi connectivity index (χ3n) is 16.8. The Morgan fingerprint density at radius 3 is 2.35 bits per heavy atom. The van der Waals surface area contributed by atoms with E-state index < -0.39 is 39.7 Å². The fourth-order valence-electron chi connectivity index (χ4n) is 12.7. The molecule has 0 aromatic carbocycles. The molecule has 0 unspecified atom stereocenters. The SMILES string of the molecule is CN[C@@](C)(CO[C@H]1[C@H](n2ncnc2C(=O)NC(C)C)C[C@]2(C)COC[C@@]13C1=CC(=O)[C@@]4(C)[C@H](C(=O)O)[C@@](C)([C@H](C)C(C)C)CC[C@]4(C)[C@H]1CC[C@H]23)C(C)C. The molecule has 3 N–H and O–H groups in total. The first-order valence-electron chi connectivity index (χ1n) is 20.7. The van der Waals surface area contributed by atoms with Gasteiger partial charge in [0.2, 0.25) is 5.82 Å². The summed E-state index contributed by atoms with van der Waals surface area (Å²) in [5.41, 5.74) is -2.59. The number of hydrogen-bond donors (Lipinski definition) is 3. The van der Waals surface area contributed by atoms with E-state index in [0.29, 0.717) is 26.2 Å². The van der Waals surface area contributed by atoms with Crippen LogP contribution < -0.4 is 10.6 Å². The van der Waals surface area contributed by atoms with E-state index in [1.807, 2.05) is 33.9 Å². The van der Waals surface area contributed by atoms with Crippen molar-refractivity contribution in [2.75, 3.05) is 26.9 Å². The molecule has 0 radical (unpaired) electrons. The molecule has 1 aromatic rings. The number of fused-ring (bicyclic) bond motifs is 3. The molecule has 1 aromatic heterocycles. The normalized spacial score (nSPS) is 40.7. The van der Waals surface area contributed by atoms with Crippen LogP contribution in [0.2, 0.25) is 0 Å². The van der Waals surface area contributed by atoms with Crippen molar-refractivity contribution in [2.45, 2.75) is 139 Å². The zero-order chi connectivity index (χ0) is 40.0. The van der Waals surface area contributed by atoms with Crippen LogP contribution in [0.25, 0.3) is 0 Å². The van der Waals surface area contributed by atoms with Gasteiger partial charge >= 0.3 is 5.97 Å². The second-order valence-corrected chi connectivity index (χ2v) is 20.2. The third kappa shape index (κ3) is 5.70. The van der Waals surface area contributed by atoms with Crippen molar-refractivity contribution in [2.24, 2.45) is 62.6 Å².